The zero-order valence-electron chi connectivity index (χ0n) is 16.2. The fourth-order valence-corrected chi connectivity index (χ4v) is 7.96. The molecule has 1 nitrogen and oxygen atoms in total. The Balaban J connectivity index is 0.000000803. The summed E-state index contributed by atoms with van der Waals surface area (Å²) in [5.41, 5.74) is 2.49. The zero-order valence-corrected chi connectivity index (χ0v) is 18.8. The molecule has 0 radical (unpaired) electrons. The van der Waals surface area contributed by atoms with Gasteiger partial charge in [-0.2, -0.15) is 0 Å². The van der Waals surface area contributed by atoms with Gasteiger partial charge in [-0.15, -0.1) is 0 Å². The minimum atomic E-state index is 0.397. The summed E-state index contributed by atoms with van der Waals surface area (Å²) in [4.78, 5) is 3.70. The quantitative estimate of drug-likeness (QED) is 0.222. The van der Waals surface area contributed by atoms with E-state index < -0.39 is 0 Å². The van der Waals surface area contributed by atoms with Gasteiger partial charge in [-0.1, -0.05) is 13.8 Å². The predicted octanol–water partition coefficient (Wildman–Crippen LogP) is 8.08. The van der Waals surface area contributed by atoms with E-state index in [2.05, 4.69) is 77.8 Å². The van der Waals surface area contributed by atoms with Crippen molar-refractivity contribution < 1.29 is 0 Å². The fraction of sp³-hybridized carbons (Fsp3) is 0.0769. The summed E-state index contributed by atoms with van der Waals surface area (Å²) in [7, 11) is 0. The van der Waals surface area contributed by atoms with E-state index >= 15 is 0 Å². The Hall–Kier alpha value is -2.58. The molecule has 3 heteroatoms. The van der Waals surface area contributed by atoms with E-state index in [0.29, 0.717) is 14.5 Å². The Morgan fingerprint density at radius 1 is 0.586 bits per heavy atom. The second-order valence-corrected chi connectivity index (χ2v) is 10.4. The van der Waals surface area contributed by atoms with E-state index in [-0.39, 0.29) is 0 Å². The SMILES string of the molecule is CC.c1ccc2c(c1)sc1ccc3[nH]c4ccc5[se]c6ccccc6c5c4c3c12. The molecule has 0 saturated heterocycles. The molecule has 0 amide bonds. The van der Waals surface area contributed by atoms with Gasteiger partial charge in [-0.3, -0.25) is 0 Å². The van der Waals surface area contributed by atoms with E-state index in [1.54, 1.807) is 0 Å². The van der Waals surface area contributed by atoms with Crippen molar-refractivity contribution in [2.75, 3.05) is 0 Å². The number of aromatic nitrogens is 1. The van der Waals surface area contributed by atoms with Crippen molar-refractivity contribution in [1.82, 2.24) is 4.98 Å². The molecule has 140 valence electrons. The Labute approximate surface area is 178 Å². The van der Waals surface area contributed by atoms with E-state index in [1.807, 2.05) is 25.2 Å². The fourth-order valence-electron chi connectivity index (χ4n) is 4.51. The number of fused-ring (bicyclic) bond motifs is 11. The van der Waals surface area contributed by atoms with Gasteiger partial charge >= 0.3 is 165 Å². The summed E-state index contributed by atoms with van der Waals surface area (Å²) in [6, 6.07) is 26.9. The van der Waals surface area contributed by atoms with Crippen LogP contribution in [0.5, 0.6) is 0 Å². The van der Waals surface area contributed by atoms with Crippen LogP contribution in [0.15, 0.2) is 72.8 Å². The molecule has 7 rings (SSSR count). The second-order valence-electron chi connectivity index (χ2n) is 7.04. The number of hydrogen-bond donors (Lipinski definition) is 1. The van der Waals surface area contributed by atoms with Crippen LogP contribution in [0.1, 0.15) is 13.8 Å². The van der Waals surface area contributed by atoms with Gasteiger partial charge in [0.1, 0.15) is 0 Å². The van der Waals surface area contributed by atoms with Gasteiger partial charge in [0.2, 0.25) is 0 Å². The topological polar surface area (TPSA) is 15.8 Å². The van der Waals surface area contributed by atoms with Crippen LogP contribution in [0, 0.1) is 0 Å². The van der Waals surface area contributed by atoms with Crippen LogP contribution in [-0.4, -0.2) is 19.5 Å². The molecule has 0 unspecified atom stereocenters. The summed E-state index contributed by atoms with van der Waals surface area (Å²) in [6.45, 7) is 4.00. The molecule has 3 aromatic heterocycles. The zero-order chi connectivity index (χ0) is 19.5. The molecular formula is C26H19NSSe. The predicted molar refractivity (Wildman–Crippen MR) is 132 cm³/mol. The average molecular weight is 456 g/mol. The maximum atomic E-state index is 3.70. The Morgan fingerprint density at radius 2 is 1.28 bits per heavy atom. The molecule has 0 aliphatic heterocycles. The molecule has 0 aliphatic rings. The number of aromatic amines is 1. The van der Waals surface area contributed by atoms with Crippen molar-refractivity contribution in [1.29, 1.82) is 0 Å². The number of rotatable bonds is 0. The van der Waals surface area contributed by atoms with Crippen molar-refractivity contribution in [3.63, 3.8) is 0 Å². The summed E-state index contributed by atoms with van der Waals surface area (Å²) >= 11 is 2.29. The van der Waals surface area contributed by atoms with Gasteiger partial charge in [0.15, 0.2) is 0 Å². The third kappa shape index (κ3) is 2.33. The van der Waals surface area contributed by atoms with Crippen molar-refractivity contribution in [2.24, 2.45) is 0 Å². The van der Waals surface area contributed by atoms with Crippen LogP contribution in [0.25, 0.3) is 61.3 Å². The van der Waals surface area contributed by atoms with Gasteiger partial charge in [0.05, 0.1) is 0 Å². The molecule has 0 fully saturated rings. The molecule has 1 N–H and O–H groups in total. The molecule has 3 heterocycles. The number of thiophene rings is 1. The van der Waals surface area contributed by atoms with E-state index in [0.717, 1.165) is 0 Å². The summed E-state index contributed by atoms with van der Waals surface area (Å²) in [6.07, 6.45) is 0. The first-order valence-corrected chi connectivity index (χ1v) is 12.6. The van der Waals surface area contributed by atoms with Crippen LogP contribution >= 0.6 is 11.3 Å². The monoisotopic (exact) mass is 457 g/mol. The first kappa shape index (κ1) is 17.3. The van der Waals surface area contributed by atoms with Gasteiger partial charge in [-0.25, -0.2) is 0 Å². The van der Waals surface area contributed by atoms with Crippen molar-refractivity contribution >= 4 is 87.1 Å². The molecule has 0 saturated carbocycles. The Kier molecular flexibility index (Phi) is 3.86. The van der Waals surface area contributed by atoms with E-state index in [9.17, 15) is 0 Å². The van der Waals surface area contributed by atoms with Crippen LogP contribution < -0.4 is 0 Å². The van der Waals surface area contributed by atoms with Crippen LogP contribution in [0.3, 0.4) is 0 Å². The first-order chi connectivity index (χ1) is 14.4. The van der Waals surface area contributed by atoms with E-state index in [1.165, 1.54) is 61.3 Å². The van der Waals surface area contributed by atoms with Gasteiger partial charge in [-0.05, 0) is 0 Å². The van der Waals surface area contributed by atoms with Crippen LogP contribution in [-0.2, 0) is 0 Å². The number of nitrogens with one attached hydrogen (secondary N) is 1. The molecule has 4 aromatic carbocycles. The third-order valence-electron chi connectivity index (χ3n) is 5.61. The Bertz CT molecular complexity index is 1550. The molecule has 29 heavy (non-hydrogen) atoms. The number of hydrogen-bond acceptors (Lipinski definition) is 1. The van der Waals surface area contributed by atoms with Crippen molar-refractivity contribution in [2.45, 2.75) is 13.8 Å². The third-order valence-corrected chi connectivity index (χ3v) is 9.13. The molecule has 0 atom stereocenters. The van der Waals surface area contributed by atoms with Crippen molar-refractivity contribution in [3.8, 4) is 0 Å². The van der Waals surface area contributed by atoms with Gasteiger partial charge < -0.3 is 0 Å². The first-order valence-electron chi connectivity index (χ1n) is 10.0. The summed E-state index contributed by atoms with van der Waals surface area (Å²) in [5, 5.41) is 8.46. The molecular weight excluding hydrogens is 437 g/mol. The molecule has 7 aromatic rings. The number of benzene rings is 4. The van der Waals surface area contributed by atoms with Gasteiger partial charge in [0, 0.05) is 0 Å². The molecule has 0 bridgehead atoms. The number of H-pyrrole nitrogens is 1. The van der Waals surface area contributed by atoms with E-state index in [4.69, 9.17) is 0 Å². The normalized spacial score (nSPS) is 11.8. The molecule has 0 aliphatic carbocycles. The van der Waals surface area contributed by atoms with Crippen molar-refractivity contribution in [3.05, 3.63) is 72.8 Å². The van der Waals surface area contributed by atoms with Crippen LogP contribution in [0.2, 0.25) is 0 Å². The van der Waals surface area contributed by atoms with Gasteiger partial charge in [0.25, 0.3) is 0 Å². The average Bonchev–Trinajstić information content (AvgIpc) is 3.44. The minimum absolute atomic E-state index is 0.397. The standard InChI is InChI=1S/C24H13NSSe.C2H6/c1-3-7-17-13(5-1)21-18(26-17)11-9-15-23(21)24-16(25-15)10-12-20-22(24)14-6-2-4-8-19(14)27-20;1-2/h1-12,25H;1-2H3. The summed E-state index contributed by atoms with van der Waals surface area (Å²) < 4.78 is 5.75. The Morgan fingerprint density at radius 3 is 2.14 bits per heavy atom. The maximum absolute atomic E-state index is 3.70. The second kappa shape index (κ2) is 6.47. The van der Waals surface area contributed by atoms with Crippen LogP contribution in [0.4, 0.5) is 0 Å². The summed E-state index contributed by atoms with van der Waals surface area (Å²) in [5.74, 6) is 0. The molecule has 0 spiro atoms.